The highest BCUT2D eigenvalue weighted by Gasteiger charge is 2.08. The summed E-state index contributed by atoms with van der Waals surface area (Å²) < 4.78 is 5.20. The molecule has 0 bridgehead atoms. The molecule has 0 aliphatic rings. The molecule has 0 aliphatic carbocycles. The minimum Gasteiger partial charge on any atom is -0.462 e. The first-order chi connectivity index (χ1) is 10.1. The average Bonchev–Trinajstić information content (AvgIpc) is 2.49. The van der Waals surface area contributed by atoms with Crippen LogP contribution in [0.25, 0.3) is 0 Å². The van der Waals surface area contributed by atoms with Crippen LogP contribution >= 0.6 is 11.6 Å². The van der Waals surface area contributed by atoms with Gasteiger partial charge in [-0.05, 0) is 42.3 Å². The second kappa shape index (κ2) is 10.4. The molecular weight excluding hydrogens is 288 g/mol. The van der Waals surface area contributed by atoms with E-state index in [1.807, 2.05) is 0 Å². The third-order valence-corrected chi connectivity index (χ3v) is 3.55. The summed E-state index contributed by atoms with van der Waals surface area (Å²) in [6.07, 6.45) is 8.30. The molecule has 1 rings (SSSR count). The third-order valence-electron chi connectivity index (χ3n) is 3.33. The van der Waals surface area contributed by atoms with Crippen LogP contribution in [0.5, 0.6) is 0 Å². The summed E-state index contributed by atoms with van der Waals surface area (Å²) in [5.74, 6) is -0.352. The predicted octanol–water partition coefficient (Wildman–Crippen LogP) is 4.97. The minimum atomic E-state index is -0.530. The van der Waals surface area contributed by atoms with E-state index in [9.17, 15) is 9.59 Å². The van der Waals surface area contributed by atoms with Gasteiger partial charge in [0, 0.05) is 5.56 Å². The summed E-state index contributed by atoms with van der Waals surface area (Å²) in [5, 5.41) is -0.530. The van der Waals surface area contributed by atoms with Crippen molar-refractivity contribution in [2.24, 2.45) is 0 Å². The Morgan fingerprint density at radius 1 is 0.905 bits per heavy atom. The number of rotatable bonds is 10. The van der Waals surface area contributed by atoms with Gasteiger partial charge in [-0.15, -0.1) is 0 Å². The molecule has 3 nitrogen and oxygen atoms in total. The molecule has 4 heteroatoms. The molecule has 0 fully saturated rings. The van der Waals surface area contributed by atoms with Gasteiger partial charge >= 0.3 is 5.97 Å². The van der Waals surface area contributed by atoms with Gasteiger partial charge in [0.05, 0.1) is 12.2 Å². The van der Waals surface area contributed by atoms with Crippen LogP contribution < -0.4 is 0 Å². The zero-order valence-corrected chi connectivity index (χ0v) is 13.3. The summed E-state index contributed by atoms with van der Waals surface area (Å²) in [5.41, 5.74) is 0.819. The van der Waals surface area contributed by atoms with Crippen LogP contribution in [0.15, 0.2) is 24.3 Å². The Morgan fingerprint density at radius 2 is 1.43 bits per heavy atom. The lowest BCUT2D eigenvalue weighted by Crippen LogP contribution is -2.06. The van der Waals surface area contributed by atoms with E-state index in [2.05, 4.69) is 6.92 Å². The highest BCUT2D eigenvalue weighted by atomic mass is 35.5. The Morgan fingerprint density at radius 3 is 2.00 bits per heavy atom. The Balaban J connectivity index is 2.17. The van der Waals surface area contributed by atoms with Crippen LogP contribution in [-0.2, 0) is 4.74 Å². The van der Waals surface area contributed by atoms with E-state index < -0.39 is 5.24 Å². The maximum absolute atomic E-state index is 11.8. The first kappa shape index (κ1) is 17.7. The van der Waals surface area contributed by atoms with Gasteiger partial charge in [-0.3, -0.25) is 4.79 Å². The molecule has 0 saturated heterocycles. The molecule has 0 amide bonds. The average molecular weight is 311 g/mol. The number of hydrogen-bond acceptors (Lipinski definition) is 3. The van der Waals surface area contributed by atoms with Crippen LogP contribution in [0.3, 0.4) is 0 Å². The fourth-order valence-electron chi connectivity index (χ4n) is 2.04. The molecule has 1 aromatic carbocycles. The fraction of sp³-hybridized carbons (Fsp3) is 0.529. The second-order valence-electron chi connectivity index (χ2n) is 5.11. The van der Waals surface area contributed by atoms with Crippen LogP contribution in [0, 0.1) is 0 Å². The maximum Gasteiger partial charge on any atom is 0.338 e. The normalized spacial score (nSPS) is 10.4. The predicted molar refractivity (Wildman–Crippen MR) is 84.9 cm³/mol. The largest absolute Gasteiger partial charge is 0.462 e. The van der Waals surface area contributed by atoms with Crippen molar-refractivity contribution in [3.63, 3.8) is 0 Å². The van der Waals surface area contributed by atoms with Gasteiger partial charge in [0.15, 0.2) is 0 Å². The molecule has 116 valence electrons. The lowest BCUT2D eigenvalue weighted by Gasteiger charge is -2.05. The second-order valence-corrected chi connectivity index (χ2v) is 5.45. The van der Waals surface area contributed by atoms with Crippen molar-refractivity contribution < 1.29 is 14.3 Å². The number of carbonyl (C=O) groups excluding carboxylic acids is 2. The van der Waals surface area contributed by atoms with Gasteiger partial charge in [0.25, 0.3) is 5.24 Å². The number of esters is 1. The monoisotopic (exact) mass is 310 g/mol. The molecule has 0 radical (unpaired) electrons. The topological polar surface area (TPSA) is 43.4 Å². The van der Waals surface area contributed by atoms with Crippen LogP contribution in [0.2, 0.25) is 0 Å². The lowest BCUT2D eigenvalue weighted by molar-refractivity contribution is 0.0497. The van der Waals surface area contributed by atoms with Crippen molar-refractivity contribution in [2.75, 3.05) is 6.61 Å². The van der Waals surface area contributed by atoms with E-state index in [-0.39, 0.29) is 5.97 Å². The summed E-state index contributed by atoms with van der Waals surface area (Å²) >= 11 is 5.34. The number of benzene rings is 1. The molecule has 1 aromatic rings. The number of unbranched alkanes of at least 4 members (excludes halogenated alkanes) is 6. The summed E-state index contributed by atoms with van der Waals surface area (Å²) in [7, 11) is 0. The summed E-state index contributed by atoms with van der Waals surface area (Å²) in [4.78, 5) is 22.7. The number of halogens is 1. The standard InChI is InChI=1S/C17H23ClO3/c1-2-3-4-5-6-7-8-13-21-17(20)15-11-9-14(10-12-15)16(18)19/h9-12H,2-8,13H2,1H3. The first-order valence-corrected chi connectivity index (χ1v) is 8.00. The molecule has 0 N–H and O–H groups in total. The van der Waals surface area contributed by atoms with Gasteiger partial charge in [-0.2, -0.15) is 0 Å². The van der Waals surface area contributed by atoms with Crippen LogP contribution in [0.1, 0.15) is 72.6 Å². The Hall–Kier alpha value is -1.35. The number of ether oxygens (including phenoxy) is 1. The molecule has 0 aliphatic heterocycles. The van der Waals surface area contributed by atoms with Gasteiger partial charge in [-0.25, -0.2) is 4.79 Å². The maximum atomic E-state index is 11.8. The molecule has 0 unspecified atom stereocenters. The van der Waals surface area contributed by atoms with E-state index in [0.29, 0.717) is 17.7 Å². The minimum absolute atomic E-state index is 0.352. The Kier molecular flexibility index (Phi) is 8.76. The van der Waals surface area contributed by atoms with Crippen molar-refractivity contribution in [1.82, 2.24) is 0 Å². The van der Waals surface area contributed by atoms with Crippen molar-refractivity contribution in [2.45, 2.75) is 51.9 Å². The van der Waals surface area contributed by atoms with E-state index in [1.165, 1.54) is 44.2 Å². The van der Waals surface area contributed by atoms with Gasteiger partial charge < -0.3 is 4.74 Å². The molecule has 0 atom stereocenters. The molecule has 0 saturated carbocycles. The highest BCUT2D eigenvalue weighted by molar-refractivity contribution is 6.67. The quantitative estimate of drug-likeness (QED) is 0.348. The van der Waals surface area contributed by atoms with Crippen molar-refractivity contribution in [3.8, 4) is 0 Å². The zero-order chi connectivity index (χ0) is 15.5. The van der Waals surface area contributed by atoms with Crippen molar-refractivity contribution >= 4 is 22.8 Å². The first-order valence-electron chi connectivity index (χ1n) is 7.62. The van der Waals surface area contributed by atoms with Gasteiger partial charge in [-0.1, -0.05) is 45.4 Å². The van der Waals surface area contributed by atoms with E-state index >= 15 is 0 Å². The van der Waals surface area contributed by atoms with E-state index in [1.54, 1.807) is 12.1 Å². The third kappa shape index (κ3) is 7.28. The SMILES string of the molecule is CCCCCCCCCOC(=O)c1ccc(C(=O)Cl)cc1. The van der Waals surface area contributed by atoms with Gasteiger partial charge in [0.2, 0.25) is 0 Å². The zero-order valence-electron chi connectivity index (χ0n) is 12.6. The van der Waals surface area contributed by atoms with Crippen molar-refractivity contribution in [3.05, 3.63) is 35.4 Å². The molecule has 0 spiro atoms. The van der Waals surface area contributed by atoms with Crippen molar-refractivity contribution in [1.29, 1.82) is 0 Å². The summed E-state index contributed by atoms with van der Waals surface area (Å²) in [6, 6.07) is 6.17. The van der Waals surface area contributed by atoms with Gasteiger partial charge in [0.1, 0.15) is 0 Å². The number of carbonyl (C=O) groups is 2. The Bertz CT molecular complexity index is 440. The molecule has 0 aromatic heterocycles. The van der Waals surface area contributed by atoms with Crippen LogP contribution in [0.4, 0.5) is 0 Å². The Labute approximate surface area is 131 Å². The highest BCUT2D eigenvalue weighted by Crippen LogP contribution is 2.10. The molecular formula is C17H23ClO3. The van der Waals surface area contributed by atoms with Crippen LogP contribution in [-0.4, -0.2) is 17.8 Å². The molecule has 0 heterocycles. The lowest BCUT2D eigenvalue weighted by atomic mass is 10.1. The number of hydrogen-bond donors (Lipinski definition) is 0. The smallest absolute Gasteiger partial charge is 0.338 e. The summed E-state index contributed by atoms with van der Waals surface area (Å²) in [6.45, 7) is 2.65. The van der Waals surface area contributed by atoms with E-state index in [0.717, 1.165) is 12.8 Å². The molecule has 21 heavy (non-hydrogen) atoms. The van der Waals surface area contributed by atoms with E-state index in [4.69, 9.17) is 16.3 Å². The fourth-order valence-corrected chi connectivity index (χ4v) is 2.17.